The van der Waals surface area contributed by atoms with Crippen molar-refractivity contribution in [2.75, 3.05) is 12.9 Å². The van der Waals surface area contributed by atoms with E-state index in [1.807, 2.05) is 37.3 Å². The Bertz CT molecular complexity index is 1140. The zero-order chi connectivity index (χ0) is 24.0. The van der Waals surface area contributed by atoms with Gasteiger partial charge in [0.15, 0.2) is 0 Å². The van der Waals surface area contributed by atoms with Crippen LogP contribution in [0.5, 0.6) is 0 Å². The molecule has 0 fully saturated rings. The number of esters is 1. The van der Waals surface area contributed by atoms with Crippen LogP contribution in [0.1, 0.15) is 22.6 Å². The summed E-state index contributed by atoms with van der Waals surface area (Å²) in [5.41, 5.74) is 2.93. The molecule has 0 saturated carbocycles. The molecule has 0 bridgehead atoms. The fourth-order valence-electron chi connectivity index (χ4n) is 3.47. The van der Waals surface area contributed by atoms with E-state index < -0.39 is 23.7 Å². The molecule has 1 aliphatic heterocycles. The van der Waals surface area contributed by atoms with Crippen LogP contribution < -0.4 is 10.6 Å². The van der Waals surface area contributed by atoms with E-state index in [2.05, 4.69) is 32.6 Å². The zero-order valence-electron chi connectivity index (χ0n) is 18.1. The van der Waals surface area contributed by atoms with Crippen LogP contribution in [0.4, 0.5) is 0 Å². The van der Waals surface area contributed by atoms with Crippen LogP contribution in [0, 0.1) is 24.2 Å². The third kappa shape index (κ3) is 6.03. The van der Waals surface area contributed by atoms with Gasteiger partial charge in [-0.15, -0.1) is 0 Å². The van der Waals surface area contributed by atoms with Gasteiger partial charge in [-0.2, -0.15) is 5.26 Å². The first-order chi connectivity index (χ1) is 15.8. The van der Waals surface area contributed by atoms with Crippen molar-refractivity contribution in [2.45, 2.75) is 19.4 Å². The summed E-state index contributed by atoms with van der Waals surface area (Å²) in [5.74, 6) is -3.58. The van der Waals surface area contributed by atoms with Crippen molar-refractivity contribution in [3.05, 3.63) is 80.3 Å². The van der Waals surface area contributed by atoms with E-state index in [-0.39, 0.29) is 22.3 Å². The number of nitrogens with one attached hydrogen (secondary N) is 2. The molecular weight excluding hydrogens is 506 g/mol. The smallest absolute Gasteiger partial charge is 0.319 e. The second kappa shape index (κ2) is 11.2. The highest BCUT2D eigenvalue weighted by Gasteiger charge is 2.44. The van der Waals surface area contributed by atoms with Crippen LogP contribution in [-0.2, 0) is 25.7 Å². The summed E-state index contributed by atoms with van der Waals surface area (Å²) < 4.78 is 5.58. The Morgan fingerprint density at radius 2 is 1.97 bits per heavy atom. The van der Waals surface area contributed by atoms with Crippen LogP contribution >= 0.6 is 27.7 Å². The van der Waals surface area contributed by atoms with Crippen LogP contribution in [0.3, 0.4) is 0 Å². The number of thioether (sulfide) groups is 1. The van der Waals surface area contributed by atoms with Crippen molar-refractivity contribution in [1.29, 1.82) is 5.26 Å². The van der Waals surface area contributed by atoms with Gasteiger partial charge in [0.05, 0.1) is 29.5 Å². The standard InChI is InChI=1S/C24H22BrN3O4S/c1-14-6-8-15(9-7-14)12-27-19(29)13-33-23-18(11-26)20(16-4-3-5-17(25)10-16)21(22(30)28-23)24(31)32-2/h3-10,20-21H,12-13H2,1-2H3,(H,27,29)(H,28,30)/t20-,21-/m0/s1. The third-order valence-electron chi connectivity index (χ3n) is 5.15. The Hall–Kier alpha value is -3.09. The molecule has 0 unspecified atom stereocenters. The topological polar surface area (TPSA) is 108 Å². The minimum Gasteiger partial charge on any atom is -0.468 e. The highest BCUT2D eigenvalue weighted by molar-refractivity contribution is 9.10. The van der Waals surface area contributed by atoms with Crippen molar-refractivity contribution in [3.63, 3.8) is 0 Å². The molecule has 170 valence electrons. The predicted octanol–water partition coefficient (Wildman–Crippen LogP) is 3.54. The first kappa shape index (κ1) is 24.6. The molecule has 3 rings (SSSR count). The summed E-state index contributed by atoms with van der Waals surface area (Å²) in [6, 6.07) is 17.0. The minimum atomic E-state index is -1.21. The maximum absolute atomic E-state index is 12.8. The summed E-state index contributed by atoms with van der Waals surface area (Å²) >= 11 is 4.44. The number of methoxy groups -OCH3 is 1. The predicted molar refractivity (Wildman–Crippen MR) is 129 cm³/mol. The summed E-state index contributed by atoms with van der Waals surface area (Å²) in [4.78, 5) is 37.6. The lowest BCUT2D eigenvalue weighted by molar-refractivity contribution is -0.150. The number of carbonyl (C=O) groups excluding carboxylic acids is 3. The van der Waals surface area contributed by atoms with E-state index in [0.29, 0.717) is 12.1 Å². The van der Waals surface area contributed by atoms with E-state index in [1.165, 1.54) is 7.11 Å². The van der Waals surface area contributed by atoms with Gasteiger partial charge in [0.2, 0.25) is 11.8 Å². The molecule has 7 nitrogen and oxygen atoms in total. The number of aryl methyl sites for hydroxylation is 1. The van der Waals surface area contributed by atoms with Gasteiger partial charge in [0.25, 0.3) is 0 Å². The van der Waals surface area contributed by atoms with E-state index in [1.54, 1.807) is 18.2 Å². The number of carbonyl (C=O) groups is 3. The van der Waals surface area contributed by atoms with Gasteiger partial charge in [-0.1, -0.05) is 69.7 Å². The summed E-state index contributed by atoms with van der Waals surface area (Å²) in [7, 11) is 1.20. The van der Waals surface area contributed by atoms with Crippen LogP contribution in [-0.4, -0.2) is 30.6 Å². The summed E-state index contributed by atoms with van der Waals surface area (Å²) in [5, 5.41) is 15.6. The monoisotopic (exact) mass is 527 g/mol. The second-order valence-corrected chi connectivity index (χ2v) is 9.33. The molecule has 1 aliphatic rings. The zero-order valence-corrected chi connectivity index (χ0v) is 20.5. The van der Waals surface area contributed by atoms with Crippen molar-refractivity contribution in [3.8, 4) is 6.07 Å². The quantitative estimate of drug-likeness (QED) is 0.421. The van der Waals surface area contributed by atoms with Crippen molar-refractivity contribution >= 4 is 45.5 Å². The Labute approximate surface area is 204 Å². The molecular formula is C24H22BrN3O4S. The van der Waals surface area contributed by atoms with E-state index >= 15 is 0 Å². The number of halogens is 1. The Kier molecular flexibility index (Phi) is 8.31. The van der Waals surface area contributed by atoms with Crippen LogP contribution in [0.15, 0.2) is 63.6 Å². The Morgan fingerprint density at radius 1 is 1.24 bits per heavy atom. The summed E-state index contributed by atoms with van der Waals surface area (Å²) in [6.07, 6.45) is 0. The molecule has 0 aromatic heterocycles. The highest BCUT2D eigenvalue weighted by Crippen LogP contribution is 2.40. The average Bonchev–Trinajstić information content (AvgIpc) is 2.81. The molecule has 0 radical (unpaired) electrons. The number of rotatable bonds is 7. The summed E-state index contributed by atoms with van der Waals surface area (Å²) in [6.45, 7) is 2.37. The molecule has 0 saturated heterocycles. The lowest BCUT2D eigenvalue weighted by Crippen LogP contribution is -2.44. The number of allylic oxidation sites excluding steroid dienone is 1. The lowest BCUT2D eigenvalue weighted by atomic mass is 9.78. The van der Waals surface area contributed by atoms with Gasteiger partial charge in [0.1, 0.15) is 5.92 Å². The second-order valence-electron chi connectivity index (χ2n) is 7.43. The average molecular weight is 528 g/mol. The number of nitrogens with zero attached hydrogens (tertiary/aromatic N) is 1. The third-order valence-corrected chi connectivity index (χ3v) is 6.66. The molecule has 9 heteroatoms. The first-order valence-electron chi connectivity index (χ1n) is 10.1. The largest absolute Gasteiger partial charge is 0.468 e. The molecule has 33 heavy (non-hydrogen) atoms. The Morgan fingerprint density at radius 3 is 2.61 bits per heavy atom. The van der Waals surface area contributed by atoms with Gasteiger partial charge in [-0.05, 0) is 30.2 Å². The van der Waals surface area contributed by atoms with E-state index in [9.17, 15) is 19.6 Å². The minimum absolute atomic E-state index is 0.000744. The highest BCUT2D eigenvalue weighted by atomic mass is 79.9. The molecule has 2 atom stereocenters. The van der Waals surface area contributed by atoms with E-state index in [4.69, 9.17) is 4.74 Å². The van der Waals surface area contributed by atoms with Gasteiger partial charge >= 0.3 is 5.97 Å². The maximum atomic E-state index is 12.8. The molecule has 2 aromatic carbocycles. The fourth-order valence-corrected chi connectivity index (χ4v) is 4.77. The molecule has 0 aliphatic carbocycles. The fraction of sp³-hybridized carbons (Fsp3) is 0.250. The number of nitriles is 1. The first-order valence-corrected chi connectivity index (χ1v) is 11.9. The van der Waals surface area contributed by atoms with Crippen molar-refractivity contribution in [1.82, 2.24) is 10.6 Å². The normalized spacial score (nSPS) is 17.7. The SMILES string of the molecule is COC(=O)[C@@H]1C(=O)NC(SCC(=O)NCc2ccc(C)cc2)=C(C#N)[C@@H]1c1cccc(Br)c1. The number of hydrogen-bond donors (Lipinski definition) is 2. The number of ether oxygens (including phenoxy) is 1. The van der Waals surface area contributed by atoms with Gasteiger partial charge in [0, 0.05) is 16.9 Å². The molecule has 2 N–H and O–H groups in total. The maximum Gasteiger partial charge on any atom is 0.319 e. The van der Waals surface area contributed by atoms with Crippen LogP contribution in [0.2, 0.25) is 0 Å². The molecule has 2 aromatic rings. The van der Waals surface area contributed by atoms with Crippen molar-refractivity contribution < 1.29 is 19.1 Å². The van der Waals surface area contributed by atoms with E-state index in [0.717, 1.165) is 27.4 Å². The Balaban J connectivity index is 1.81. The van der Waals surface area contributed by atoms with Gasteiger partial charge in [-0.25, -0.2) is 0 Å². The molecule has 0 spiro atoms. The van der Waals surface area contributed by atoms with Crippen LogP contribution in [0.25, 0.3) is 0 Å². The molecule has 1 heterocycles. The lowest BCUT2D eigenvalue weighted by Gasteiger charge is -2.31. The number of benzene rings is 2. The van der Waals surface area contributed by atoms with Gasteiger partial charge < -0.3 is 15.4 Å². The van der Waals surface area contributed by atoms with Gasteiger partial charge in [-0.3, -0.25) is 14.4 Å². The number of amides is 2. The van der Waals surface area contributed by atoms with Crippen molar-refractivity contribution in [2.24, 2.45) is 5.92 Å². The number of hydrogen-bond acceptors (Lipinski definition) is 6. The molecule has 2 amide bonds.